The summed E-state index contributed by atoms with van der Waals surface area (Å²) < 4.78 is 27.1. The lowest BCUT2D eigenvalue weighted by atomic mass is 9.48. The Hall–Kier alpha value is -2.35. The molecule has 0 bridgehead atoms. The fourth-order valence-electron chi connectivity index (χ4n) is 8.47. The molecular formula is C31H41N3O3S. The summed E-state index contributed by atoms with van der Waals surface area (Å²) in [7, 11) is 0.145. The van der Waals surface area contributed by atoms with Crippen LogP contribution in [0.1, 0.15) is 58.8 Å². The second kappa shape index (κ2) is 9.10. The number of hydrazine groups is 1. The number of fused-ring (bicyclic) bond motifs is 6. The molecule has 0 spiro atoms. The van der Waals surface area contributed by atoms with Gasteiger partial charge in [-0.1, -0.05) is 55.8 Å². The second-order valence-corrected chi connectivity index (χ2v) is 14.4. The quantitative estimate of drug-likeness (QED) is 0.348. The maximum Gasteiger partial charge on any atom is 0.257 e. The number of sulfonamides is 1. The van der Waals surface area contributed by atoms with Gasteiger partial charge in [-0.3, -0.25) is 0 Å². The minimum atomic E-state index is -3.79. The van der Waals surface area contributed by atoms with E-state index >= 15 is 0 Å². The van der Waals surface area contributed by atoms with Crippen LogP contribution in [-0.2, 0) is 10.0 Å². The Balaban J connectivity index is 1.22. The number of nitrogens with one attached hydrogen (secondary N) is 2. The van der Waals surface area contributed by atoms with E-state index < -0.39 is 10.0 Å². The van der Waals surface area contributed by atoms with Gasteiger partial charge in [-0.25, -0.2) is 8.42 Å². The Morgan fingerprint density at radius 3 is 2.45 bits per heavy atom. The maximum absolute atomic E-state index is 13.6. The number of hydrogen-bond acceptors (Lipinski definition) is 5. The number of aliphatic hydroxyl groups is 1. The van der Waals surface area contributed by atoms with Crippen LogP contribution in [0.25, 0.3) is 10.8 Å². The van der Waals surface area contributed by atoms with Crippen molar-refractivity contribution in [2.45, 2.75) is 69.8 Å². The number of anilines is 1. The van der Waals surface area contributed by atoms with E-state index in [-0.39, 0.29) is 21.8 Å². The van der Waals surface area contributed by atoms with Crippen LogP contribution in [-0.4, -0.2) is 33.7 Å². The fourth-order valence-corrected chi connectivity index (χ4v) is 9.55. The molecular weight excluding hydrogens is 494 g/mol. The summed E-state index contributed by atoms with van der Waals surface area (Å²) in [6.07, 6.45) is 11.5. The second-order valence-electron chi connectivity index (χ2n) is 12.7. The largest absolute Gasteiger partial charge is 0.393 e. The first-order valence-corrected chi connectivity index (χ1v) is 15.6. The summed E-state index contributed by atoms with van der Waals surface area (Å²) in [5, 5.41) is 11.9. The van der Waals surface area contributed by atoms with Gasteiger partial charge in [-0.15, -0.1) is 4.83 Å². The molecule has 6 rings (SSSR count). The molecule has 0 aromatic heterocycles. The topological polar surface area (TPSA) is 81.7 Å². The van der Waals surface area contributed by atoms with Crippen LogP contribution in [0.2, 0.25) is 0 Å². The summed E-state index contributed by atoms with van der Waals surface area (Å²) in [4.78, 5) is 5.04. The minimum absolute atomic E-state index is 0.0730. The van der Waals surface area contributed by atoms with Gasteiger partial charge < -0.3 is 15.4 Å². The Labute approximate surface area is 227 Å². The lowest BCUT2D eigenvalue weighted by Gasteiger charge is -2.57. The normalized spacial score (nSPS) is 34.6. The van der Waals surface area contributed by atoms with Gasteiger partial charge >= 0.3 is 0 Å². The van der Waals surface area contributed by atoms with E-state index in [1.807, 2.05) is 49.3 Å². The lowest BCUT2D eigenvalue weighted by Crippen LogP contribution is -2.51. The van der Waals surface area contributed by atoms with E-state index in [9.17, 15) is 13.5 Å². The molecule has 0 heterocycles. The summed E-state index contributed by atoms with van der Waals surface area (Å²) in [5.41, 5.74) is 6.80. The number of hydrogen-bond donors (Lipinski definition) is 3. The van der Waals surface area contributed by atoms with Crippen molar-refractivity contribution >= 4 is 26.5 Å². The average molecular weight is 536 g/mol. The van der Waals surface area contributed by atoms with E-state index in [4.69, 9.17) is 0 Å². The van der Waals surface area contributed by atoms with Crippen molar-refractivity contribution in [3.8, 4) is 0 Å². The number of allylic oxidation sites excluding steroid dienone is 3. The molecule has 6 nitrogen and oxygen atoms in total. The molecule has 6 atom stereocenters. The molecule has 0 amide bonds. The zero-order chi connectivity index (χ0) is 26.9. The van der Waals surface area contributed by atoms with Crippen LogP contribution in [0.4, 0.5) is 5.69 Å². The maximum atomic E-state index is 13.6. The first-order valence-electron chi connectivity index (χ1n) is 14.1. The van der Waals surface area contributed by atoms with Gasteiger partial charge in [0.25, 0.3) is 10.0 Å². The van der Waals surface area contributed by atoms with Crippen molar-refractivity contribution in [1.82, 2.24) is 10.3 Å². The van der Waals surface area contributed by atoms with Gasteiger partial charge in [0.1, 0.15) is 0 Å². The van der Waals surface area contributed by atoms with Gasteiger partial charge in [0.05, 0.1) is 11.0 Å². The molecule has 204 valence electrons. The molecule has 3 N–H and O–H groups in total. The third-order valence-electron chi connectivity index (χ3n) is 10.6. The highest BCUT2D eigenvalue weighted by Crippen LogP contribution is 2.64. The van der Waals surface area contributed by atoms with Gasteiger partial charge in [0, 0.05) is 41.7 Å². The van der Waals surface area contributed by atoms with Gasteiger partial charge in [-0.2, -0.15) is 0 Å². The molecule has 7 heteroatoms. The lowest BCUT2D eigenvalue weighted by molar-refractivity contribution is -0.0311. The molecule has 4 aliphatic rings. The van der Waals surface area contributed by atoms with Crippen LogP contribution in [0.3, 0.4) is 0 Å². The zero-order valence-corrected chi connectivity index (χ0v) is 23.8. The van der Waals surface area contributed by atoms with Gasteiger partial charge in [-0.05, 0) is 80.2 Å². The van der Waals surface area contributed by atoms with Crippen molar-refractivity contribution in [3.05, 3.63) is 59.8 Å². The van der Waals surface area contributed by atoms with Crippen molar-refractivity contribution < 1.29 is 13.5 Å². The molecule has 0 saturated heterocycles. The van der Waals surface area contributed by atoms with Crippen molar-refractivity contribution in [1.29, 1.82) is 0 Å². The van der Waals surface area contributed by atoms with Crippen molar-refractivity contribution in [2.75, 3.05) is 19.0 Å². The Kier molecular flexibility index (Phi) is 6.21. The highest BCUT2D eigenvalue weighted by atomic mass is 32.2. The Bertz CT molecular complexity index is 1430. The molecule has 0 radical (unpaired) electrons. The number of rotatable bonds is 5. The van der Waals surface area contributed by atoms with Crippen molar-refractivity contribution in [3.63, 3.8) is 0 Å². The Morgan fingerprint density at radius 2 is 1.66 bits per heavy atom. The molecule has 2 fully saturated rings. The molecule has 6 unspecified atom stereocenters. The molecule has 2 aromatic rings. The van der Waals surface area contributed by atoms with E-state index in [1.54, 1.807) is 6.07 Å². The molecule has 2 saturated carbocycles. The van der Waals surface area contributed by atoms with E-state index in [0.717, 1.165) is 61.7 Å². The van der Waals surface area contributed by atoms with E-state index in [0.29, 0.717) is 23.1 Å². The molecule has 2 aromatic carbocycles. The standard InChI is InChI=1S/C31H41N3O3S/c1-30-17-15-21(35)19-20(30)11-12-24-25-13-14-29(31(25,2)18-16-26(24)30)32-33-38(36,37)28-10-6-7-22-23(28)8-5-9-27(22)34(3)4/h5-11,14,21,24-26,32-33,35H,12-13,15-19H2,1-4H3. The molecule has 38 heavy (non-hydrogen) atoms. The Morgan fingerprint density at radius 1 is 0.921 bits per heavy atom. The van der Waals surface area contributed by atoms with Crippen LogP contribution in [0, 0.1) is 28.6 Å². The van der Waals surface area contributed by atoms with Crippen LogP contribution in [0.15, 0.2) is 64.7 Å². The number of benzene rings is 2. The third kappa shape index (κ3) is 3.92. The van der Waals surface area contributed by atoms with Crippen LogP contribution < -0.4 is 15.2 Å². The first-order chi connectivity index (χ1) is 18.0. The fraction of sp³-hybridized carbons (Fsp3) is 0.548. The summed E-state index contributed by atoms with van der Waals surface area (Å²) in [6.45, 7) is 4.76. The monoisotopic (exact) mass is 535 g/mol. The first kappa shape index (κ1) is 25.9. The van der Waals surface area contributed by atoms with Crippen LogP contribution in [0.5, 0.6) is 0 Å². The number of aliphatic hydroxyl groups excluding tert-OH is 1. The highest BCUT2D eigenvalue weighted by Gasteiger charge is 2.56. The summed E-state index contributed by atoms with van der Waals surface area (Å²) >= 11 is 0. The van der Waals surface area contributed by atoms with Crippen molar-refractivity contribution in [2.24, 2.45) is 28.6 Å². The predicted molar refractivity (Wildman–Crippen MR) is 153 cm³/mol. The summed E-state index contributed by atoms with van der Waals surface area (Å²) in [6, 6.07) is 11.2. The number of nitrogens with zero attached hydrogens (tertiary/aromatic N) is 1. The van der Waals surface area contributed by atoms with E-state index in [1.165, 1.54) is 5.57 Å². The average Bonchev–Trinajstić information content (AvgIpc) is 3.23. The SMILES string of the molecule is CN(C)c1cccc2c(S(=O)(=O)NNC3=CCC4C5CC=C6CC(O)CCC6(C)C5CCC34C)cccc12. The summed E-state index contributed by atoms with van der Waals surface area (Å²) in [5.74, 6) is 1.72. The molecule has 4 aliphatic carbocycles. The molecule has 0 aliphatic heterocycles. The zero-order valence-electron chi connectivity index (χ0n) is 23.0. The van der Waals surface area contributed by atoms with Crippen LogP contribution >= 0.6 is 0 Å². The minimum Gasteiger partial charge on any atom is -0.393 e. The third-order valence-corrected chi connectivity index (χ3v) is 11.9. The van der Waals surface area contributed by atoms with Gasteiger partial charge in [0.2, 0.25) is 0 Å². The smallest absolute Gasteiger partial charge is 0.257 e. The van der Waals surface area contributed by atoms with Gasteiger partial charge in [0.15, 0.2) is 0 Å². The predicted octanol–water partition coefficient (Wildman–Crippen LogP) is 5.51. The van der Waals surface area contributed by atoms with E-state index in [2.05, 4.69) is 36.3 Å². The highest BCUT2D eigenvalue weighted by molar-refractivity contribution is 7.89.